The maximum Gasteiger partial charge on any atom is 0.338 e. The molecule has 0 amide bonds. The molecular weight excluding hydrogens is 238 g/mol. The van der Waals surface area contributed by atoms with E-state index in [4.69, 9.17) is 4.74 Å². The summed E-state index contributed by atoms with van der Waals surface area (Å²) in [6.45, 7) is 6.59. The van der Waals surface area contributed by atoms with Gasteiger partial charge in [-0.25, -0.2) is 4.79 Å². The monoisotopic (exact) mass is 261 g/mol. The first kappa shape index (κ1) is 14.1. The first-order valence-electron chi connectivity index (χ1n) is 6.89. The fourth-order valence-electron chi connectivity index (χ4n) is 2.80. The minimum absolute atomic E-state index is 0.00825. The van der Waals surface area contributed by atoms with Gasteiger partial charge in [0.15, 0.2) is 0 Å². The zero-order valence-corrected chi connectivity index (χ0v) is 12.2. The molecule has 0 aromatic heterocycles. The van der Waals surface area contributed by atoms with Gasteiger partial charge in [0.25, 0.3) is 0 Å². The quantitative estimate of drug-likeness (QED) is 0.766. The van der Waals surface area contributed by atoms with Crippen LogP contribution in [0, 0.1) is 0 Å². The first-order valence-corrected chi connectivity index (χ1v) is 6.89. The van der Waals surface area contributed by atoms with Gasteiger partial charge in [-0.1, -0.05) is 18.2 Å². The van der Waals surface area contributed by atoms with Crippen molar-refractivity contribution < 1.29 is 9.53 Å². The van der Waals surface area contributed by atoms with E-state index in [9.17, 15) is 4.79 Å². The molecule has 0 spiro atoms. The second-order valence-electron chi connectivity index (χ2n) is 6.11. The number of nitrogens with zero attached hydrogens (tertiary/aromatic N) is 1. The van der Waals surface area contributed by atoms with Crippen LogP contribution < -0.4 is 0 Å². The number of carbonyl (C=O) groups is 1. The van der Waals surface area contributed by atoms with Crippen LogP contribution in [-0.4, -0.2) is 35.6 Å². The van der Waals surface area contributed by atoms with E-state index in [-0.39, 0.29) is 17.6 Å². The van der Waals surface area contributed by atoms with E-state index in [1.54, 1.807) is 12.1 Å². The van der Waals surface area contributed by atoms with Crippen LogP contribution in [0.15, 0.2) is 30.3 Å². The topological polar surface area (TPSA) is 29.5 Å². The van der Waals surface area contributed by atoms with Crippen molar-refractivity contribution in [1.29, 1.82) is 0 Å². The van der Waals surface area contributed by atoms with Crippen LogP contribution in [0.25, 0.3) is 0 Å². The number of benzene rings is 1. The number of esters is 1. The van der Waals surface area contributed by atoms with Crippen molar-refractivity contribution in [2.24, 2.45) is 0 Å². The summed E-state index contributed by atoms with van der Waals surface area (Å²) in [6.07, 6.45) is 1.79. The van der Waals surface area contributed by atoms with Crippen LogP contribution in [0.2, 0.25) is 0 Å². The van der Waals surface area contributed by atoms with Crippen LogP contribution in [0.4, 0.5) is 0 Å². The van der Waals surface area contributed by atoms with E-state index < -0.39 is 0 Å². The lowest BCUT2D eigenvalue weighted by Gasteiger charge is -2.47. The summed E-state index contributed by atoms with van der Waals surface area (Å²) < 4.78 is 5.67. The summed E-state index contributed by atoms with van der Waals surface area (Å²) in [6, 6.07) is 9.64. The molecule has 1 aromatic carbocycles. The molecule has 1 aliphatic heterocycles. The molecule has 0 radical (unpaired) electrons. The summed E-state index contributed by atoms with van der Waals surface area (Å²) in [4.78, 5) is 14.4. The highest BCUT2D eigenvalue weighted by atomic mass is 16.5. The van der Waals surface area contributed by atoms with Gasteiger partial charge in [0.1, 0.15) is 6.10 Å². The van der Waals surface area contributed by atoms with Gasteiger partial charge >= 0.3 is 5.97 Å². The van der Waals surface area contributed by atoms with Gasteiger partial charge in [-0.2, -0.15) is 0 Å². The molecule has 104 valence electrons. The molecule has 1 aromatic rings. The van der Waals surface area contributed by atoms with Gasteiger partial charge in [-0.05, 0) is 46.4 Å². The third kappa shape index (κ3) is 3.16. The summed E-state index contributed by atoms with van der Waals surface area (Å²) in [5.41, 5.74) is 0.700. The van der Waals surface area contributed by atoms with Crippen LogP contribution in [-0.2, 0) is 4.74 Å². The van der Waals surface area contributed by atoms with Crippen molar-refractivity contribution in [2.45, 2.75) is 51.3 Å². The van der Waals surface area contributed by atoms with Crippen LogP contribution in [0.1, 0.15) is 44.0 Å². The SMILES string of the molecule is CC1CC(OC(=O)c2ccccc2)CC(C)(C)N1C. The first-order chi connectivity index (χ1) is 8.90. The Kier molecular flexibility index (Phi) is 3.95. The van der Waals surface area contributed by atoms with Crippen molar-refractivity contribution in [2.75, 3.05) is 7.05 Å². The van der Waals surface area contributed by atoms with E-state index in [0.717, 1.165) is 12.8 Å². The van der Waals surface area contributed by atoms with E-state index in [0.29, 0.717) is 11.6 Å². The fourth-order valence-corrected chi connectivity index (χ4v) is 2.80. The second kappa shape index (κ2) is 5.33. The number of carbonyl (C=O) groups excluding carboxylic acids is 1. The number of piperidine rings is 1. The van der Waals surface area contributed by atoms with Crippen LogP contribution in [0.5, 0.6) is 0 Å². The molecule has 1 fully saturated rings. The summed E-state index contributed by atoms with van der Waals surface area (Å²) >= 11 is 0. The molecule has 19 heavy (non-hydrogen) atoms. The highest BCUT2D eigenvalue weighted by Gasteiger charge is 2.38. The van der Waals surface area contributed by atoms with Gasteiger partial charge < -0.3 is 4.74 Å². The lowest BCUT2D eigenvalue weighted by Crippen LogP contribution is -2.54. The Hall–Kier alpha value is -1.35. The lowest BCUT2D eigenvalue weighted by atomic mass is 9.85. The van der Waals surface area contributed by atoms with Crippen molar-refractivity contribution in [3.63, 3.8) is 0 Å². The van der Waals surface area contributed by atoms with E-state index in [2.05, 4.69) is 32.7 Å². The highest BCUT2D eigenvalue weighted by molar-refractivity contribution is 5.89. The standard InChI is InChI=1S/C16H23NO2/c1-12-10-14(11-16(2,3)17(12)4)19-15(18)13-8-6-5-7-9-13/h5-9,12,14H,10-11H2,1-4H3. The van der Waals surface area contributed by atoms with E-state index in [1.165, 1.54) is 0 Å². The van der Waals surface area contributed by atoms with Crippen molar-refractivity contribution in [3.8, 4) is 0 Å². The molecule has 1 saturated heterocycles. The van der Waals surface area contributed by atoms with Gasteiger partial charge in [-0.3, -0.25) is 4.90 Å². The Bertz CT molecular complexity index is 441. The predicted molar refractivity (Wildman–Crippen MR) is 76.2 cm³/mol. The Labute approximate surface area is 115 Å². The molecule has 0 saturated carbocycles. The Morgan fingerprint density at radius 3 is 2.53 bits per heavy atom. The van der Waals surface area contributed by atoms with Crippen molar-refractivity contribution >= 4 is 5.97 Å². The molecule has 2 rings (SSSR count). The number of hydrogen-bond donors (Lipinski definition) is 0. The molecular formula is C16H23NO2. The Balaban J connectivity index is 2.02. The average Bonchev–Trinajstić information content (AvgIpc) is 2.36. The van der Waals surface area contributed by atoms with Gasteiger partial charge in [0, 0.05) is 18.0 Å². The second-order valence-corrected chi connectivity index (χ2v) is 6.11. The molecule has 3 heteroatoms. The summed E-state index contributed by atoms with van der Waals surface area (Å²) in [5.74, 6) is -0.210. The van der Waals surface area contributed by atoms with Crippen molar-refractivity contribution in [1.82, 2.24) is 4.90 Å². The molecule has 2 unspecified atom stereocenters. The van der Waals surface area contributed by atoms with E-state index >= 15 is 0 Å². The predicted octanol–water partition coefficient (Wildman–Crippen LogP) is 3.10. The third-order valence-electron chi connectivity index (χ3n) is 4.23. The number of rotatable bonds is 2. The van der Waals surface area contributed by atoms with E-state index in [1.807, 2.05) is 18.2 Å². The normalized spacial score (nSPS) is 26.9. The summed E-state index contributed by atoms with van der Waals surface area (Å²) in [5, 5.41) is 0. The highest BCUT2D eigenvalue weighted by Crippen LogP contribution is 2.32. The smallest absolute Gasteiger partial charge is 0.338 e. The third-order valence-corrected chi connectivity index (χ3v) is 4.23. The van der Waals surface area contributed by atoms with Crippen molar-refractivity contribution in [3.05, 3.63) is 35.9 Å². The largest absolute Gasteiger partial charge is 0.459 e. The maximum atomic E-state index is 12.1. The van der Waals surface area contributed by atoms with Crippen LogP contribution >= 0.6 is 0 Å². The Morgan fingerprint density at radius 1 is 1.32 bits per heavy atom. The number of likely N-dealkylation sites (tertiary alicyclic amines) is 1. The number of hydrogen-bond acceptors (Lipinski definition) is 3. The summed E-state index contributed by atoms with van der Waals surface area (Å²) in [7, 11) is 2.14. The Morgan fingerprint density at radius 2 is 1.95 bits per heavy atom. The fraction of sp³-hybridized carbons (Fsp3) is 0.562. The maximum absolute atomic E-state index is 12.1. The number of ether oxygens (including phenoxy) is 1. The van der Waals surface area contributed by atoms with Gasteiger partial charge in [0.2, 0.25) is 0 Å². The average molecular weight is 261 g/mol. The van der Waals surface area contributed by atoms with Crippen LogP contribution in [0.3, 0.4) is 0 Å². The minimum Gasteiger partial charge on any atom is -0.459 e. The molecule has 1 heterocycles. The zero-order chi connectivity index (χ0) is 14.0. The minimum atomic E-state index is -0.210. The lowest BCUT2D eigenvalue weighted by molar-refractivity contribution is -0.0382. The molecule has 0 aliphatic carbocycles. The zero-order valence-electron chi connectivity index (χ0n) is 12.2. The molecule has 2 atom stereocenters. The van der Waals surface area contributed by atoms with Gasteiger partial charge in [0.05, 0.1) is 5.56 Å². The van der Waals surface area contributed by atoms with Gasteiger partial charge in [-0.15, -0.1) is 0 Å². The molecule has 0 N–H and O–H groups in total. The molecule has 0 bridgehead atoms. The molecule has 3 nitrogen and oxygen atoms in total. The molecule has 1 aliphatic rings.